The molecule has 2 aliphatic rings. The van der Waals surface area contributed by atoms with Gasteiger partial charge in [-0.1, -0.05) is 17.2 Å². The normalized spacial score (nSPS) is 25.6. The van der Waals surface area contributed by atoms with Crippen LogP contribution in [0.4, 0.5) is 0 Å². The third-order valence-electron chi connectivity index (χ3n) is 3.16. The van der Waals surface area contributed by atoms with Gasteiger partial charge in [0, 0.05) is 11.3 Å². The zero-order valence-corrected chi connectivity index (χ0v) is 10.5. The lowest BCUT2D eigenvalue weighted by atomic mass is 9.85. The molecule has 0 aromatic rings. The highest BCUT2D eigenvalue weighted by Gasteiger charge is 2.31. The van der Waals surface area contributed by atoms with Crippen molar-refractivity contribution in [2.45, 2.75) is 32.9 Å². The Morgan fingerprint density at radius 2 is 2.07 bits per heavy atom. The van der Waals surface area contributed by atoms with Crippen molar-refractivity contribution in [2.75, 3.05) is 5.75 Å². The first-order chi connectivity index (χ1) is 7.02. The minimum atomic E-state index is 0.183. The Morgan fingerprint density at radius 3 is 2.67 bits per heavy atom. The molecule has 0 N–H and O–H groups in total. The lowest BCUT2D eigenvalue weighted by Crippen LogP contribution is -2.15. The van der Waals surface area contributed by atoms with Crippen LogP contribution in [-0.2, 0) is 4.79 Å². The maximum Gasteiger partial charge on any atom is 0.160 e. The summed E-state index contributed by atoms with van der Waals surface area (Å²) in [4.78, 5) is 11.5. The molecule has 1 aliphatic carbocycles. The van der Waals surface area contributed by atoms with Gasteiger partial charge in [-0.3, -0.25) is 4.79 Å². The van der Waals surface area contributed by atoms with Crippen LogP contribution in [0.5, 0.6) is 0 Å². The van der Waals surface area contributed by atoms with Crippen molar-refractivity contribution >= 4 is 17.5 Å². The Hall–Kier alpha value is -0.760. The number of ketones is 1. The molecule has 0 aromatic heterocycles. The predicted octanol–water partition coefficient (Wildman–Crippen LogP) is 3.28. The largest absolute Gasteiger partial charge is 0.295 e. The van der Waals surface area contributed by atoms with Crippen molar-refractivity contribution in [2.24, 2.45) is 0 Å². The average molecular weight is 220 g/mol. The second-order valence-corrected chi connectivity index (χ2v) is 5.46. The lowest BCUT2D eigenvalue weighted by Gasteiger charge is -2.23. The van der Waals surface area contributed by atoms with E-state index in [9.17, 15) is 4.79 Å². The van der Waals surface area contributed by atoms with Crippen molar-refractivity contribution in [1.29, 1.82) is 0 Å². The summed E-state index contributed by atoms with van der Waals surface area (Å²) < 4.78 is 0. The van der Waals surface area contributed by atoms with Crippen LogP contribution in [0.25, 0.3) is 0 Å². The summed E-state index contributed by atoms with van der Waals surface area (Å²) in [5.41, 5.74) is 6.27. The van der Waals surface area contributed by atoms with Crippen LogP contribution in [0.1, 0.15) is 27.7 Å². The summed E-state index contributed by atoms with van der Waals surface area (Å²) in [6, 6.07) is 0. The molecule has 2 rings (SSSR count). The molecule has 1 heterocycles. The summed E-state index contributed by atoms with van der Waals surface area (Å²) in [7, 11) is 0. The number of hydrogen-bond acceptors (Lipinski definition) is 2. The van der Waals surface area contributed by atoms with Crippen molar-refractivity contribution < 1.29 is 4.79 Å². The van der Waals surface area contributed by atoms with E-state index in [1.165, 1.54) is 22.3 Å². The van der Waals surface area contributed by atoms with Gasteiger partial charge in [-0.2, -0.15) is 0 Å². The van der Waals surface area contributed by atoms with Crippen LogP contribution in [0.2, 0.25) is 0 Å². The first-order valence-corrected chi connectivity index (χ1v) is 6.29. The van der Waals surface area contributed by atoms with Crippen molar-refractivity contribution in [3.05, 3.63) is 33.9 Å². The van der Waals surface area contributed by atoms with E-state index in [1.807, 2.05) is 11.8 Å². The van der Waals surface area contributed by atoms with Gasteiger partial charge in [-0.15, -0.1) is 11.8 Å². The van der Waals surface area contributed by atoms with Crippen LogP contribution < -0.4 is 0 Å². The van der Waals surface area contributed by atoms with E-state index in [4.69, 9.17) is 0 Å². The van der Waals surface area contributed by atoms with E-state index >= 15 is 0 Å². The number of fused-ring (bicyclic) bond motifs is 1. The minimum absolute atomic E-state index is 0.183. The van der Waals surface area contributed by atoms with Gasteiger partial charge in [0.05, 0.1) is 5.25 Å². The fraction of sp³-hybridized carbons (Fsp3) is 0.462. The molecule has 0 saturated heterocycles. The molecule has 80 valence electrons. The van der Waals surface area contributed by atoms with Crippen LogP contribution in [-0.4, -0.2) is 16.8 Å². The van der Waals surface area contributed by atoms with Gasteiger partial charge >= 0.3 is 0 Å². The maximum atomic E-state index is 11.5. The summed E-state index contributed by atoms with van der Waals surface area (Å²) in [5.74, 6) is 1.29. The number of Topliss-reactive ketones (excluding diaryl/α,β-unsaturated/α-hetero) is 1. The van der Waals surface area contributed by atoms with E-state index in [-0.39, 0.29) is 5.78 Å². The van der Waals surface area contributed by atoms with Gasteiger partial charge in [0.15, 0.2) is 5.78 Å². The molecule has 15 heavy (non-hydrogen) atoms. The Kier molecular flexibility index (Phi) is 2.63. The number of hydrogen-bond donors (Lipinski definition) is 0. The summed E-state index contributed by atoms with van der Waals surface area (Å²) >= 11 is 1.97. The number of rotatable bonds is 1. The molecule has 0 bridgehead atoms. The Morgan fingerprint density at radius 1 is 1.40 bits per heavy atom. The fourth-order valence-corrected chi connectivity index (χ4v) is 3.84. The highest BCUT2D eigenvalue weighted by molar-refractivity contribution is 8.00. The van der Waals surface area contributed by atoms with Crippen molar-refractivity contribution in [3.63, 3.8) is 0 Å². The smallest absolute Gasteiger partial charge is 0.160 e. The molecule has 0 saturated carbocycles. The number of thioether (sulfide) groups is 1. The maximum absolute atomic E-state index is 11.5. The number of allylic oxidation sites excluding steroid dienone is 3. The average Bonchev–Trinajstić information content (AvgIpc) is 2.54. The molecule has 0 fully saturated rings. The molecule has 0 amide bonds. The van der Waals surface area contributed by atoms with E-state index in [1.54, 1.807) is 6.92 Å². The van der Waals surface area contributed by atoms with Crippen molar-refractivity contribution in [1.82, 2.24) is 0 Å². The molecule has 1 unspecified atom stereocenters. The Labute approximate surface area is 95.3 Å². The minimum Gasteiger partial charge on any atom is -0.295 e. The van der Waals surface area contributed by atoms with Crippen LogP contribution in [0.3, 0.4) is 0 Å². The third kappa shape index (κ3) is 1.61. The highest BCUT2D eigenvalue weighted by atomic mass is 32.2. The van der Waals surface area contributed by atoms with Crippen LogP contribution in [0, 0.1) is 0 Å². The monoisotopic (exact) mass is 220 g/mol. The summed E-state index contributed by atoms with van der Waals surface area (Å²) in [6.07, 6.45) is 2.07. The van der Waals surface area contributed by atoms with Crippen LogP contribution in [0.15, 0.2) is 33.9 Å². The summed E-state index contributed by atoms with van der Waals surface area (Å²) in [5, 5.41) is 0.507. The highest BCUT2D eigenvalue weighted by Crippen LogP contribution is 2.44. The van der Waals surface area contributed by atoms with Gasteiger partial charge in [-0.25, -0.2) is 0 Å². The third-order valence-corrected chi connectivity index (χ3v) is 4.70. The molecule has 1 nitrogen and oxygen atoms in total. The quantitative estimate of drug-likeness (QED) is 0.674. The van der Waals surface area contributed by atoms with E-state index in [0.29, 0.717) is 5.25 Å². The standard InChI is InChI=1S/C13H16OS/c1-7-5-11(10(4)14)9(3)12-8(2)6-15-13(7)12/h5,13H,6H2,1-4H3. The topological polar surface area (TPSA) is 17.1 Å². The zero-order chi connectivity index (χ0) is 11.2. The summed E-state index contributed by atoms with van der Waals surface area (Å²) in [6.45, 7) is 8.05. The van der Waals surface area contributed by atoms with Gasteiger partial charge in [0.2, 0.25) is 0 Å². The first-order valence-electron chi connectivity index (χ1n) is 5.24. The second kappa shape index (κ2) is 3.67. The van der Waals surface area contributed by atoms with E-state index < -0.39 is 0 Å². The molecule has 0 radical (unpaired) electrons. The molecule has 2 heteroatoms. The lowest BCUT2D eigenvalue weighted by molar-refractivity contribution is -0.113. The predicted molar refractivity (Wildman–Crippen MR) is 66.1 cm³/mol. The Balaban J connectivity index is 2.59. The SMILES string of the molecule is CC(=O)C1=C(C)C2=C(C)CSC2C(C)=C1. The molecule has 0 aromatic carbocycles. The van der Waals surface area contributed by atoms with E-state index in [0.717, 1.165) is 11.3 Å². The first kappa shape index (κ1) is 10.7. The second-order valence-electron chi connectivity index (χ2n) is 4.37. The fourth-order valence-electron chi connectivity index (χ4n) is 2.39. The molecule has 0 spiro atoms. The van der Waals surface area contributed by atoms with Gasteiger partial charge in [0.25, 0.3) is 0 Å². The van der Waals surface area contributed by atoms with Gasteiger partial charge in [0.1, 0.15) is 0 Å². The van der Waals surface area contributed by atoms with Crippen LogP contribution >= 0.6 is 11.8 Å². The van der Waals surface area contributed by atoms with Gasteiger partial charge < -0.3 is 0 Å². The Bertz CT molecular complexity index is 424. The molecular formula is C13H16OS. The van der Waals surface area contributed by atoms with Crippen molar-refractivity contribution in [3.8, 4) is 0 Å². The molecular weight excluding hydrogens is 204 g/mol. The molecule has 1 aliphatic heterocycles. The number of carbonyl (C=O) groups excluding carboxylic acids is 1. The number of carbonyl (C=O) groups is 1. The molecule has 1 atom stereocenters. The zero-order valence-electron chi connectivity index (χ0n) is 9.68. The van der Waals surface area contributed by atoms with Gasteiger partial charge in [-0.05, 0) is 38.8 Å². The van der Waals surface area contributed by atoms with E-state index in [2.05, 4.69) is 26.8 Å².